The molecule has 0 fully saturated rings. The third-order valence-electron chi connectivity index (χ3n) is 2.92. The lowest BCUT2D eigenvalue weighted by molar-refractivity contribution is 0.374. The second-order valence-electron chi connectivity index (χ2n) is 4.13. The topological polar surface area (TPSA) is 66.4 Å². The van der Waals surface area contributed by atoms with E-state index in [4.69, 9.17) is 0 Å². The van der Waals surface area contributed by atoms with Crippen LogP contribution in [0.2, 0.25) is 0 Å². The molecule has 0 aliphatic carbocycles. The lowest BCUT2D eigenvalue weighted by Gasteiger charge is -2.13. The van der Waals surface area contributed by atoms with Gasteiger partial charge in [-0.1, -0.05) is 48.5 Å². The first-order valence-corrected chi connectivity index (χ1v) is 6.94. The molecular formula is C14H9O4S-. The monoisotopic (exact) mass is 273 g/mol. The third kappa shape index (κ3) is 2.25. The number of hydrogen-bond acceptors (Lipinski definition) is 4. The van der Waals surface area contributed by atoms with Crippen molar-refractivity contribution in [2.45, 2.75) is 0 Å². The van der Waals surface area contributed by atoms with Crippen LogP contribution in [0.25, 0.3) is 21.5 Å². The average molecular weight is 273 g/mol. The standard InChI is InChI=1S/C14H10O4S/c15-19(16,17)18-14-9-10-5-1-2-6-11(10)12-7-3-4-8-13(12)14/h1-9H,(H,15,16,17)/p-1. The van der Waals surface area contributed by atoms with E-state index in [1.54, 1.807) is 18.2 Å². The van der Waals surface area contributed by atoms with Crippen molar-refractivity contribution in [1.29, 1.82) is 0 Å². The molecule has 0 saturated carbocycles. The Balaban J connectivity index is 2.42. The largest absolute Gasteiger partial charge is 0.716 e. The molecule has 0 unspecified atom stereocenters. The van der Waals surface area contributed by atoms with Crippen LogP contribution in [-0.2, 0) is 10.4 Å². The Labute approximate surface area is 110 Å². The predicted molar refractivity (Wildman–Crippen MR) is 71.8 cm³/mol. The SMILES string of the molecule is O=S(=O)([O-])Oc1cc2ccccc2c2ccccc12. The van der Waals surface area contributed by atoms with E-state index >= 15 is 0 Å². The van der Waals surface area contributed by atoms with Crippen molar-refractivity contribution < 1.29 is 17.2 Å². The predicted octanol–water partition coefficient (Wildman–Crippen LogP) is 2.83. The van der Waals surface area contributed by atoms with Crippen molar-refractivity contribution in [3.8, 4) is 5.75 Å². The molecule has 0 aliphatic heterocycles. The Morgan fingerprint density at radius 1 is 0.842 bits per heavy atom. The summed E-state index contributed by atoms with van der Waals surface area (Å²) in [5, 5.41) is 3.24. The van der Waals surface area contributed by atoms with E-state index in [2.05, 4.69) is 4.18 Å². The Hall–Kier alpha value is -2.11. The lowest BCUT2D eigenvalue weighted by atomic mass is 10.0. The highest BCUT2D eigenvalue weighted by Gasteiger charge is 2.09. The van der Waals surface area contributed by atoms with Gasteiger partial charge in [0.15, 0.2) is 0 Å². The highest BCUT2D eigenvalue weighted by atomic mass is 32.3. The molecule has 0 aliphatic rings. The van der Waals surface area contributed by atoms with E-state index in [1.807, 2.05) is 36.4 Å². The summed E-state index contributed by atoms with van der Waals surface area (Å²) >= 11 is 0. The van der Waals surface area contributed by atoms with Crippen LogP contribution in [0.3, 0.4) is 0 Å². The van der Waals surface area contributed by atoms with Crippen molar-refractivity contribution in [2.75, 3.05) is 0 Å². The van der Waals surface area contributed by atoms with Crippen molar-refractivity contribution in [3.05, 3.63) is 54.6 Å². The first kappa shape index (κ1) is 12.0. The molecule has 0 amide bonds. The number of hydrogen-bond donors (Lipinski definition) is 0. The fourth-order valence-electron chi connectivity index (χ4n) is 2.20. The highest BCUT2D eigenvalue weighted by molar-refractivity contribution is 7.81. The summed E-state index contributed by atoms with van der Waals surface area (Å²) in [6.45, 7) is 0. The summed E-state index contributed by atoms with van der Waals surface area (Å²) in [6.07, 6.45) is 0. The zero-order valence-electron chi connectivity index (χ0n) is 9.74. The molecule has 0 radical (unpaired) electrons. The number of fused-ring (bicyclic) bond motifs is 3. The smallest absolute Gasteiger partial charge is 0.262 e. The van der Waals surface area contributed by atoms with Crippen LogP contribution in [0.15, 0.2) is 54.6 Å². The summed E-state index contributed by atoms with van der Waals surface area (Å²) < 4.78 is 36.9. The van der Waals surface area contributed by atoms with Crippen LogP contribution < -0.4 is 4.18 Å². The summed E-state index contributed by atoms with van der Waals surface area (Å²) in [5.74, 6) is 0.0595. The normalized spacial score (nSPS) is 11.8. The second kappa shape index (κ2) is 4.22. The molecule has 96 valence electrons. The number of rotatable bonds is 2. The van der Waals surface area contributed by atoms with E-state index in [1.165, 1.54) is 0 Å². The van der Waals surface area contributed by atoms with Crippen LogP contribution in [0.1, 0.15) is 0 Å². The molecule has 0 spiro atoms. The van der Waals surface area contributed by atoms with Gasteiger partial charge in [0.2, 0.25) is 0 Å². The molecule has 0 bridgehead atoms. The molecule has 19 heavy (non-hydrogen) atoms. The van der Waals surface area contributed by atoms with E-state index in [0.29, 0.717) is 5.39 Å². The molecule has 0 atom stereocenters. The fourth-order valence-corrected chi connectivity index (χ4v) is 2.56. The van der Waals surface area contributed by atoms with Gasteiger partial charge in [-0.05, 0) is 22.2 Å². The van der Waals surface area contributed by atoms with Gasteiger partial charge in [0, 0.05) is 5.39 Å². The van der Waals surface area contributed by atoms with E-state index < -0.39 is 10.4 Å². The Bertz CT molecular complexity index is 869. The van der Waals surface area contributed by atoms with Crippen LogP contribution in [0, 0.1) is 0 Å². The maximum atomic E-state index is 10.8. The molecular weight excluding hydrogens is 264 g/mol. The van der Waals surface area contributed by atoms with Gasteiger partial charge in [0.1, 0.15) is 5.75 Å². The van der Waals surface area contributed by atoms with Crippen molar-refractivity contribution in [2.24, 2.45) is 0 Å². The quantitative estimate of drug-likeness (QED) is 0.409. The van der Waals surface area contributed by atoms with Crippen LogP contribution in [-0.4, -0.2) is 13.0 Å². The summed E-state index contributed by atoms with van der Waals surface area (Å²) in [7, 11) is -4.79. The molecule has 4 nitrogen and oxygen atoms in total. The summed E-state index contributed by atoms with van der Waals surface area (Å²) in [6, 6.07) is 16.3. The van der Waals surface area contributed by atoms with Gasteiger partial charge in [-0.3, -0.25) is 0 Å². The zero-order valence-corrected chi connectivity index (χ0v) is 10.6. The second-order valence-corrected chi connectivity index (χ2v) is 5.12. The fraction of sp³-hybridized carbons (Fsp3) is 0. The minimum absolute atomic E-state index is 0.0595. The zero-order chi connectivity index (χ0) is 13.5. The summed E-state index contributed by atoms with van der Waals surface area (Å²) in [5.41, 5.74) is 0. The summed E-state index contributed by atoms with van der Waals surface area (Å²) in [4.78, 5) is 0. The van der Waals surface area contributed by atoms with Crippen molar-refractivity contribution in [3.63, 3.8) is 0 Å². The van der Waals surface area contributed by atoms with Gasteiger partial charge in [0.25, 0.3) is 10.4 Å². The van der Waals surface area contributed by atoms with Gasteiger partial charge in [0.05, 0.1) is 0 Å². The minimum Gasteiger partial charge on any atom is -0.716 e. The van der Waals surface area contributed by atoms with Crippen LogP contribution >= 0.6 is 0 Å². The molecule has 3 rings (SSSR count). The third-order valence-corrected chi connectivity index (χ3v) is 3.31. The van der Waals surface area contributed by atoms with Gasteiger partial charge in [-0.2, -0.15) is 0 Å². The molecule has 5 heteroatoms. The molecule has 3 aromatic carbocycles. The van der Waals surface area contributed by atoms with Gasteiger partial charge in [-0.25, -0.2) is 8.42 Å². The van der Waals surface area contributed by atoms with Crippen molar-refractivity contribution >= 4 is 31.9 Å². The molecule has 3 aromatic rings. The number of benzene rings is 3. The van der Waals surface area contributed by atoms with Crippen LogP contribution in [0.4, 0.5) is 0 Å². The maximum Gasteiger partial charge on any atom is 0.262 e. The van der Waals surface area contributed by atoms with Gasteiger partial charge < -0.3 is 8.74 Å². The van der Waals surface area contributed by atoms with Crippen molar-refractivity contribution in [1.82, 2.24) is 0 Å². The van der Waals surface area contributed by atoms with E-state index in [9.17, 15) is 13.0 Å². The molecule has 0 heterocycles. The maximum absolute atomic E-state index is 10.8. The van der Waals surface area contributed by atoms with E-state index in [-0.39, 0.29) is 5.75 Å². The Morgan fingerprint density at radius 2 is 1.42 bits per heavy atom. The molecule has 0 N–H and O–H groups in total. The lowest BCUT2D eigenvalue weighted by Crippen LogP contribution is -2.07. The van der Waals surface area contributed by atoms with Gasteiger partial charge in [-0.15, -0.1) is 0 Å². The van der Waals surface area contributed by atoms with Crippen LogP contribution in [0.5, 0.6) is 5.75 Å². The average Bonchev–Trinajstić information content (AvgIpc) is 2.37. The Kier molecular flexibility index (Phi) is 2.66. The van der Waals surface area contributed by atoms with E-state index in [0.717, 1.165) is 16.2 Å². The Morgan fingerprint density at radius 3 is 2.11 bits per heavy atom. The highest BCUT2D eigenvalue weighted by Crippen LogP contribution is 2.33. The molecule has 0 aromatic heterocycles. The molecule has 0 saturated heterocycles. The first-order valence-electron chi connectivity index (χ1n) is 5.60. The van der Waals surface area contributed by atoms with Gasteiger partial charge >= 0.3 is 0 Å². The minimum atomic E-state index is -4.79. The first-order chi connectivity index (χ1) is 9.04.